The average Bonchev–Trinajstić information content (AvgIpc) is 3.49. The number of carbonyl (C=O) groups excluding carboxylic acids is 3. The molecule has 2 atom stereocenters. The van der Waals surface area contributed by atoms with Gasteiger partial charge in [0, 0.05) is 12.8 Å². The minimum absolute atomic E-state index is 0.145. The van der Waals surface area contributed by atoms with Gasteiger partial charge in [0.1, 0.15) is 13.2 Å². The number of hydrogen-bond donors (Lipinski definition) is 0. The molecule has 0 amide bonds. The topological polar surface area (TPSA) is 111 Å². The fraction of sp³-hybridized carbons (Fsp3) is 0.776. The first kappa shape index (κ1) is 81.5. The molecule has 0 fully saturated rings. The summed E-state index contributed by atoms with van der Waals surface area (Å²) >= 11 is 0. The maximum absolute atomic E-state index is 12.9. The van der Waals surface area contributed by atoms with Gasteiger partial charge in [0.05, 0.1) is 40.3 Å². The highest BCUT2D eigenvalue weighted by Crippen LogP contribution is 2.18. The third kappa shape index (κ3) is 67.8. The summed E-state index contributed by atoms with van der Waals surface area (Å²) < 4.78 is 22.8. The van der Waals surface area contributed by atoms with Gasteiger partial charge in [-0.25, -0.2) is 0 Å². The van der Waals surface area contributed by atoms with Gasteiger partial charge in [-0.15, -0.1) is 0 Å². The van der Waals surface area contributed by atoms with E-state index in [1.165, 1.54) is 205 Å². The second kappa shape index (κ2) is 66.4. The van der Waals surface area contributed by atoms with Crippen LogP contribution in [0.4, 0.5) is 0 Å². The molecule has 0 aromatic rings. The van der Waals surface area contributed by atoms with Gasteiger partial charge in [-0.3, -0.25) is 9.59 Å². The summed E-state index contributed by atoms with van der Waals surface area (Å²) in [7, 11) is 5.93. The van der Waals surface area contributed by atoms with E-state index in [-0.39, 0.29) is 32.2 Å². The van der Waals surface area contributed by atoms with Crippen molar-refractivity contribution in [2.75, 3.05) is 47.5 Å². The van der Waals surface area contributed by atoms with Crippen LogP contribution in [0.5, 0.6) is 0 Å². The molecule has 0 N–H and O–H groups in total. The Morgan fingerprint density at radius 3 is 1.00 bits per heavy atom. The van der Waals surface area contributed by atoms with Crippen molar-refractivity contribution in [3.63, 3.8) is 0 Å². The summed E-state index contributed by atoms with van der Waals surface area (Å²) in [6.45, 7) is 4.65. The summed E-state index contributed by atoms with van der Waals surface area (Å²) in [5, 5.41) is 11.8. The third-order valence-electron chi connectivity index (χ3n) is 15.6. The van der Waals surface area contributed by atoms with Gasteiger partial charge < -0.3 is 33.3 Å². The highest BCUT2D eigenvalue weighted by Gasteiger charge is 2.22. The van der Waals surface area contributed by atoms with Crippen LogP contribution in [-0.2, 0) is 33.3 Å². The number of likely N-dealkylation sites (N-methyl/N-ethyl adjacent to an activating group) is 1. The quantitative estimate of drug-likeness (QED) is 0.0195. The van der Waals surface area contributed by atoms with Crippen molar-refractivity contribution in [3.8, 4) is 0 Å². The molecule has 0 rings (SSSR count). The van der Waals surface area contributed by atoms with Crippen LogP contribution >= 0.6 is 0 Å². The Morgan fingerprint density at radius 1 is 0.365 bits per heavy atom. The number of quaternary nitrogens is 1. The second-order valence-corrected chi connectivity index (χ2v) is 25.1. The number of carbonyl (C=O) groups is 3. The number of rotatable bonds is 66. The van der Waals surface area contributed by atoms with E-state index < -0.39 is 24.3 Å². The fourth-order valence-electron chi connectivity index (χ4n) is 10.2. The SMILES string of the molecule is CC/C=C\C/C=C\C/C=C\C/C=C\C/C=C\CCCCCCCCCCCC(=O)OC(COC(=O)CCCCCCCCCCCCCCCCCCCCCCCCC/C=C\C/C=C\CCCCCCC)COC(OCC[N+](C)(C)C)C(=O)[O-]. The third-order valence-corrected chi connectivity index (χ3v) is 15.6. The van der Waals surface area contributed by atoms with Gasteiger partial charge in [0.2, 0.25) is 0 Å². The maximum Gasteiger partial charge on any atom is 0.306 e. The van der Waals surface area contributed by atoms with Crippen molar-refractivity contribution < 1.29 is 42.9 Å². The highest BCUT2D eigenvalue weighted by molar-refractivity contribution is 5.70. The van der Waals surface area contributed by atoms with E-state index in [2.05, 4.69) is 98.9 Å². The predicted octanol–water partition coefficient (Wildman–Crippen LogP) is 20.9. The first-order valence-electron chi connectivity index (χ1n) is 35.7. The van der Waals surface area contributed by atoms with E-state index in [9.17, 15) is 19.5 Å². The van der Waals surface area contributed by atoms with Crippen LogP contribution in [0.1, 0.15) is 322 Å². The molecule has 0 aromatic carbocycles. The van der Waals surface area contributed by atoms with Crippen molar-refractivity contribution in [3.05, 3.63) is 85.1 Å². The van der Waals surface area contributed by atoms with Crippen LogP contribution in [0.2, 0.25) is 0 Å². The van der Waals surface area contributed by atoms with Gasteiger partial charge in [0.25, 0.3) is 0 Å². The molecule has 0 spiro atoms. The molecule has 9 heteroatoms. The number of esters is 2. The summed E-state index contributed by atoms with van der Waals surface area (Å²) in [6, 6.07) is 0. The van der Waals surface area contributed by atoms with Crippen LogP contribution in [0.3, 0.4) is 0 Å². The van der Waals surface area contributed by atoms with Gasteiger partial charge in [-0.1, -0.05) is 304 Å². The van der Waals surface area contributed by atoms with Crippen LogP contribution < -0.4 is 5.11 Å². The van der Waals surface area contributed by atoms with Crippen LogP contribution in [0.15, 0.2) is 85.1 Å². The number of ether oxygens (including phenoxy) is 4. The smallest absolute Gasteiger partial charge is 0.306 e. The molecule has 492 valence electrons. The van der Waals surface area contributed by atoms with Crippen molar-refractivity contribution in [1.29, 1.82) is 0 Å². The van der Waals surface area contributed by atoms with Crippen molar-refractivity contribution in [1.82, 2.24) is 0 Å². The molecule has 0 aliphatic rings. The molecule has 0 saturated heterocycles. The number of carboxylic acids is 1. The molecular weight excluding hydrogens is 1050 g/mol. The zero-order chi connectivity index (χ0) is 61.9. The average molecular weight is 1190 g/mol. The summed E-state index contributed by atoms with van der Waals surface area (Å²) in [5.74, 6) is -2.28. The van der Waals surface area contributed by atoms with E-state index in [4.69, 9.17) is 18.9 Å². The van der Waals surface area contributed by atoms with Crippen LogP contribution in [0, 0.1) is 0 Å². The number of nitrogens with zero attached hydrogens (tertiary/aromatic N) is 1. The van der Waals surface area contributed by atoms with Gasteiger partial charge in [-0.05, 0) is 89.9 Å². The Morgan fingerprint density at radius 2 is 0.671 bits per heavy atom. The number of unbranched alkanes of at least 4 members (excludes halogenated alkanes) is 37. The number of aliphatic carboxylic acids is 1. The van der Waals surface area contributed by atoms with E-state index in [1.54, 1.807) is 0 Å². The molecule has 0 aliphatic carbocycles. The summed E-state index contributed by atoms with van der Waals surface area (Å²) in [5.41, 5.74) is 0. The maximum atomic E-state index is 12.9. The first-order chi connectivity index (χ1) is 41.6. The van der Waals surface area contributed by atoms with Crippen molar-refractivity contribution >= 4 is 17.9 Å². The van der Waals surface area contributed by atoms with Crippen molar-refractivity contribution in [2.24, 2.45) is 0 Å². The second-order valence-electron chi connectivity index (χ2n) is 25.1. The lowest BCUT2D eigenvalue weighted by atomic mass is 10.0. The van der Waals surface area contributed by atoms with Gasteiger partial charge in [0.15, 0.2) is 12.4 Å². The van der Waals surface area contributed by atoms with E-state index >= 15 is 0 Å². The van der Waals surface area contributed by atoms with Crippen molar-refractivity contribution in [2.45, 2.75) is 334 Å². The van der Waals surface area contributed by atoms with Gasteiger partial charge >= 0.3 is 11.9 Å². The Hall–Kier alpha value is -3.53. The standard InChI is InChI=1S/C76H135NO8/c1-6-8-10-12-14-16-18-20-22-24-26-28-30-32-33-34-35-36-37-38-39-40-41-43-44-46-48-50-52-54-56-58-60-62-64-66-73(78)83-70-72(71-84-76(75(80)81)82-69-68-77(3,4)5)85-74(79)67-65-63-61-59-57-55-53-51-49-47-45-42-31-29-27-25-23-21-19-17-15-13-11-9-7-2/h9,11,15,17-18,20-21,23-24,26-27,29,42,45,72,76H,6-8,10,12-14,16,19,22,25,28,30-41,43-44,46-71H2,1-5H3/b11-9-,17-15-,20-18-,23-21-,26-24-,29-27-,45-42-. The molecule has 0 heterocycles. The number of hydrogen-bond acceptors (Lipinski definition) is 8. The lowest BCUT2D eigenvalue weighted by Crippen LogP contribution is -2.44. The molecule has 2 unspecified atom stereocenters. The largest absolute Gasteiger partial charge is 0.545 e. The molecular formula is C76H135NO8. The summed E-state index contributed by atoms with van der Waals surface area (Å²) in [4.78, 5) is 37.5. The van der Waals surface area contributed by atoms with E-state index in [1.807, 2.05) is 21.1 Å². The fourth-order valence-corrected chi connectivity index (χ4v) is 10.2. The predicted molar refractivity (Wildman–Crippen MR) is 361 cm³/mol. The molecule has 0 aromatic heterocycles. The number of carboxylic acid groups (broad SMARTS) is 1. The summed E-state index contributed by atoms with van der Waals surface area (Å²) in [6.07, 6.45) is 86.7. The normalized spacial score (nSPS) is 13.2. The lowest BCUT2D eigenvalue weighted by Gasteiger charge is -2.26. The first-order valence-corrected chi connectivity index (χ1v) is 35.7. The lowest BCUT2D eigenvalue weighted by molar-refractivity contribution is -0.870. The van der Waals surface area contributed by atoms with E-state index in [0.29, 0.717) is 23.9 Å². The van der Waals surface area contributed by atoms with Gasteiger partial charge in [-0.2, -0.15) is 0 Å². The Labute approximate surface area is 525 Å². The minimum Gasteiger partial charge on any atom is -0.545 e. The van der Waals surface area contributed by atoms with E-state index in [0.717, 1.165) is 83.5 Å². The number of allylic oxidation sites excluding steroid dienone is 14. The van der Waals surface area contributed by atoms with Crippen LogP contribution in [-0.4, -0.2) is 82.3 Å². The molecule has 0 radical (unpaired) electrons. The van der Waals surface area contributed by atoms with Crippen LogP contribution in [0.25, 0.3) is 0 Å². The monoisotopic (exact) mass is 1190 g/mol. The molecule has 0 bridgehead atoms. The molecule has 0 aliphatic heterocycles. The molecule has 9 nitrogen and oxygen atoms in total. The molecule has 85 heavy (non-hydrogen) atoms. The molecule has 0 saturated carbocycles. The Kier molecular flexibility index (Phi) is 63.7. The minimum atomic E-state index is -1.63. The highest BCUT2D eigenvalue weighted by atomic mass is 16.7. The Bertz CT molecular complexity index is 1670. The zero-order valence-electron chi connectivity index (χ0n) is 56.2. The Balaban J connectivity index is 4.06. The zero-order valence-corrected chi connectivity index (χ0v) is 56.2.